The van der Waals surface area contributed by atoms with Crippen LogP contribution in [0, 0.1) is 0 Å². The number of carbonyl (C=O) groups is 1. The van der Waals surface area contributed by atoms with Crippen LogP contribution in [-0.2, 0) is 36.4 Å². The molecule has 7 N–H and O–H groups in total. The summed E-state index contributed by atoms with van der Waals surface area (Å²) in [5, 5.41) is 12.5. The molecule has 0 radical (unpaired) electrons. The van der Waals surface area contributed by atoms with Crippen LogP contribution in [0.2, 0.25) is 0 Å². The third-order valence-corrected chi connectivity index (χ3v) is 7.86. The summed E-state index contributed by atoms with van der Waals surface area (Å²) in [4.78, 5) is 69.4. The monoisotopic (exact) mass is 549 g/mol. The summed E-state index contributed by atoms with van der Waals surface area (Å²) in [5.41, 5.74) is -0.794. The van der Waals surface area contributed by atoms with Crippen molar-refractivity contribution in [3.05, 3.63) is 16.7 Å². The predicted octanol–water partition coefficient (Wildman–Crippen LogP) is -0.930. The molecule has 190 valence electrons. The van der Waals surface area contributed by atoms with Crippen LogP contribution < -0.4 is 10.9 Å². The topological polar surface area (TPSA) is 282 Å². The molecule has 2 aromatic heterocycles. The van der Waals surface area contributed by atoms with Gasteiger partial charge < -0.3 is 29.4 Å². The maximum Gasteiger partial charge on any atom is 0.490 e. The summed E-state index contributed by atoms with van der Waals surface area (Å²) in [5.74, 6) is -0.679. The van der Waals surface area contributed by atoms with Gasteiger partial charge in [-0.25, -0.2) is 18.7 Å². The number of carbonyl (C=O) groups excluding carboxylic acids is 1. The van der Waals surface area contributed by atoms with E-state index in [4.69, 9.17) is 19.4 Å². The first kappa shape index (κ1) is 26.7. The molecule has 1 saturated heterocycles. The van der Waals surface area contributed by atoms with Gasteiger partial charge in [-0.15, -0.1) is 0 Å². The highest BCUT2D eigenvalue weighted by molar-refractivity contribution is 7.66. The van der Waals surface area contributed by atoms with Gasteiger partial charge in [0.15, 0.2) is 11.2 Å². The predicted molar refractivity (Wildman–Crippen MR) is 107 cm³/mol. The Kier molecular flexibility index (Phi) is 7.60. The maximum absolute atomic E-state index is 12.1. The van der Waals surface area contributed by atoms with Gasteiger partial charge in [0, 0.05) is 13.3 Å². The summed E-state index contributed by atoms with van der Waals surface area (Å²) in [6, 6.07) is 0. The molecule has 3 rings (SSSR count). The van der Waals surface area contributed by atoms with Crippen LogP contribution in [0.3, 0.4) is 0 Å². The van der Waals surface area contributed by atoms with Crippen molar-refractivity contribution in [3.8, 4) is 0 Å². The van der Waals surface area contributed by atoms with Crippen molar-refractivity contribution in [2.45, 2.75) is 31.8 Å². The van der Waals surface area contributed by atoms with Gasteiger partial charge in [-0.05, 0) is 0 Å². The second-order valence-corrected chi connectivity index (χ2v) is 11.2. The highest BCUT2D eigenvalue weighted by atomic mass is 31.3. The van der Waals surface area contributed by atoms with Gasteiger partial charge >= 0.3 is 23.5 Å². The van der Waals surface area contributed by atoms with E-state index in [0.29, 0.717) is 0 Å². The fraction of sp³-hybridized carbons (Fsp3) is 0.500. The average molecular weight is 549 g/mol. The van der Waals surface area contributed by atoms with Gasteiger partial charge in [0.2, 0.25) is 11.9 Å². The van der Waals surface area contributed by atoms with E-state index < -0.39 is 60.0 Å². The minimum Gasteiger partial charge on any atom is -0.390 e. The molecule has 0 aliphatic carbocycles. The molecule has 1 fully saturated rings. The van der Waals surface area contributed by atoms with Crippen LogP contribution in [0.4, 0.5) is 5.95 Å². The lowest BCUT2D eigenvalue weighted by Crippen LogP contribution is -2.26. The number of hydrogen-bond donors (Lipinski definition) is 7. The number of aromatic amines is 1. The van der Waals surface area contributed by atoms with Crippen LogP contribution in [0.5, 0.6) is 0 Å². The van der Waals surface area contributed by atoms with Crippen LogP contribution in [0.15, 0.2) is 11.1 Å². The van der Waals surface area contributed by atoms with Crippen molar-refractivity contribution in [1.82, 2.24) is 19.5 Å². The van der Waals surface area contributed by atoms with Gasteiger partial charge in [-0.3, -0.25) is 29.0 Å². The molecular weight excluding hydrogens is 531 g/mol. The molecule has 22 heteroatoms. The lowest BCUT2D eigenvalue weighted by Gasteiger charge is -2.19. The SMILES string of the molecule is CC(=O)Nc1nc2c(ncn2[C@H]2C[C@H](O)[C@@H](COP(=O)(O)OP(=O)(O)OP(=O)(O)O)O2)c(=O)[nH]1. The summed E-state index contributed by atoms with van der Waals surface area (Å²) < 4.78 is 52.3. The van der Waals surface area contributed by atoms with Gasteiger partial charge in [-0.2, -0.15) is 13.6 Å². The third-order valence-electron chi connectivity index (χ3n) is 4.06. The number of ether oxygens (including phenoxy) is 1. The van der Waals surface area contributed by atoms with Crippen molar-refractivity contribution in [3.63, 3.8) is 0 Å². The number of H-pyrrole nitrogens is 1. The number of phosphoric ester groups is 1. The standard InChI is InChI=1S/C12H18N5O14P3/c1-5(18)14-12-15-10-9(11(20)16-12)13-4-17(10)8-2-6(19)7(29-8)3-28-33(24,25)31-34(26,27)30-32(21,22)23/h4,6-8,19H,2-3H2,1H3,(H,24,25)(H,26,27)(H2,21,22,23)(H2,14,15,16,18,20)/t6-,7+,8+/m0/s1. The number of amides is 1. The van der Waals surface area contributed by atoms with E-state index in [2.05, 4.69) is 33.4 Å². The lowest BCUT2D eigenvalue weighted by atomic mass is 10.2. The molecule has 0 bridgehead atoms. The number of rotatable bonds is 9. The second-order valence-electron chi connectivity index (χ2n) is 6.74. The molecule has 2 aromatic rings. The average Bonchev–Trinajstić information content (AvgIpc) is 3.20. The lowest BCUT2D eigenvalue weighted by molar-refractivity contribution is -0.114. The van der Waals surface area contributed by atoms with Crippen LogP contribution in [-0.4, -0.2) is 68.9 Å². The maximum atomic E-state index is 12.1. The molecule has 0 spiro atoms. The number of aromatic nitrogens is 4. The minimum absolute atomic E-state index is 0.0155. The molecule has 5 atom stereocenters. The van der Waals surface area contributed by atoms with Crippen LogP contribution in [0.25, 0.3) is 11.2 Å². The van der Waals surface area contributed by atoms with Crippen molar-refractivity contribution in [1.29, 1.82) is 0 Å². The molecule has 1 aliphatic rings. The smallest absolute Gasteiger partial charge is 0.390 e. The Hall–Kier alpha value is -1.85. The molecular formula is C12H18N5O14P3. The zero-order valence-electron chi connectivity index (χ0n) is 16.8. The summed E-state index contributed by atoms with van der Waals surface area (Å²) in [6.07, 6.45) is -2.59. The number of nitrogens with one attached hydrogen (secondary N) is 2. The molecule has 1 aliphatic heterocycles. The quantitative estimate of drug-likeness (QED) is 0.186. The fourth-order valence-electron chi connectivity index (χ4n) is 2.87. The molecule has 3 heterocycles. The Morgan fingerprint density at radius 1 is 1.26 bits per heavy atom. The highest BCUT2D eigenvalue weighted by Crippen LogP contribution is 2.66. The summed E-state index contributed by atoms with van der Waals surface area (Å²) in [6.45, 7) is 0.319. The number of nitrogens with zero attached hydrogens (tertiary/aromatic N) is 3. The molecule has 34 heavy (non-hydrogen) atoms. The zero-order chi connectivity index (χ0) is 25.5. The van der Waals surface area contributed by atoms with E-state index in [1.165, 1.54) is 17.8 Å². The van der Waals surface area contributed by atoms with Crippen molar-refractivity contribution in [2.24, 2.45) is 0 Å². The molecule has 0 aromatic carbocycles. The number of imidazole rings is 1. The first-order valence-electron chi connectivity index (χ1n) is 8.91. The van der Waals surface area contributed by atoms with E-state index in [0.717, 1.165) is 0 Å². The third kappa shape index (κ3) is 6.85. The van der Waals surface area contributed by atoms with E-state index in [-0.39, 0.29) is 23.5 Å². The van der Waals surface area contributed by atoms with Gasteiger partial charge in [0.1, 0.15) is 12.3 Å². The molecule has 2 unspecified atom stereocenters. The number of aliphatic hydroxyl groups excluding tert-OH is 1. The molecule has 0 saturated carbocycles. The normalized spacial score (nSPS) is 24.6. The van der Waals surface area contributed by atoms with Gasteiger partial charge in [0.25, 0.3) is 5.56 Å². The summed E-state index contributed by atoms with van der Waals surface area (Å²) in [7, 11) is -16.7. The van der Waals surface area contributed by atoms with Crippen LogP contribution >= 0.6 is 23.5 Å². The number of phosphoric acid groups is 3. The second kappa shape index (κ2) is 9.66. The Morgan fingerprint density at radius 2 is 1.94 bits per heavy atom. The van der Waals surface area contributed by atoms with Gasteiger partial charge in [-0.1, -0.05) is 0 Å². The first-order chi connectivity index (χ1) is 15.6. The van der Waals surface area contributed by atoms with E-state index in [1.807, 2.05) is 0 Å². The summed E-state index contributed by atoms with van der Waals surface area (Å²) >= 11 is 0. The number of fused-ring (bicyclic) bond motifs is 1. The fourth-order valence-corrected chi connectivity index (χ4v) is 5.90. The molecule has 1 amide bonds. The Morgan fingerprint density at radius 3 is 2.56 bits per heavy atom. The Labute approximate surface area is 188 Å². The minimum atomic E-state index is -5.70. The van der Waals surface area contributed by atoms with Crippen LogP contribution in [0.1, 0.15) is 19.6 Å². The van der Waals surface area contributed by atoms with Crippen molar-refractivity contribution < 1.29 is 61.1 Å². The Bertz CT molecular complexity index is 1290. The van der Waals surface area contributed by atoms with Gasteiger partial charge in [0.05, 0.1) is 19.0 Å². The number of anilines is 1. The van der Waals surface area contributed by atoms with E-state index in [1.54, 1.807) is 0 Å². The number of aliphatic hydroxyl groups is 1. The van der Waals surface area contributed by atoms with E-state index in [9.17, 15) is 33.3 Å². The van der Waals surface area contributed by atoms with E-state index >= 15 is 0 Å². The van der Waals surface area contributed by atoms with Crippen molar-refractivity contribution >= 4 is 46.5 Å². The zero-order valence-corrected chi connectivity index (χ0v) is 19.5. The van der Waals surface area contributed by atoms with Crippen molar-refractivity contribution in [2.75, 3.05) is 11.9 Å². The Balaban J connectivity index is 1.71. The number of hydrogen-bond acceptors (Lipinski definition) is 12. The molecule has 19 nitrogen and oxygen atoms in total. The highest BCUT2D eigenvalue weighted by Gasteiger charge is 2.43. The largest absolute Gasteiger partial charge is 0.490 e. The first-order valence-corrected chi connectivity index (χ1v) is 13.4.